The number of carboxylic acid groups (broad SMARTS) is 1. The Kier molecular flexibility index (Phi) is 5.69. The van der Waals surface area contributed by atoms with Crippen molar-refractivity contribution in [2.24, 2.45) is 5.41 Å². The average molecular weight is 301 g/mol. The zero-order valence-electron chi connectivity index (χ0n) is 13.8. The molecule has 0 aliphatic rings. The topological polar surface area (TPSA) is 57.6 Å². The highest BCUT2D eigenvalue weighted by Crippen LogP contribution is 2.26. The molecule has 0 fully saturated rings. The van der Waals surface area contributed by atoms with Gasteiger partial charge in [-0.25, -0.2) is 4.79 Å². The van der Waals surface area contributed by atoms with Crippen LogP contribution < -0.4 is 4.90 Å². The van der Waals surface area contributed by atoms with Gasteiger partial charge in [0, 0.05) is 36.8 Å². The number of carbonyl (C=O) groups is 2. The lowest BCUT2D eigenvalue weighted by Crippen LogP contribution is -2.22. The molecule has 0 atom stereocenters. The van der Waals surface area contributed by atoms with Gasteiger partial charge in [0.25, 0.3) is 0 Å². The van der Waals surface area contributed by atoms with Gasteiger partial charge < -0.3 is 10.0 Å². The normalized spacial score (nSPS) is 12.5. The quantitative estimate of drug-likeness (QED) is 0.496. The smallest absolute Gasteiger partial charge is 0.328 e. The summed E-state index contributed by atoms with van der Waals surface area (Å²) in [5.41, 5.74) is 1.71. The summed E-state index contributed by atoms with van der Waals surface area (Å²) < 4.78 is 0. The van der Waals surface area contributed by atoms with Gasteiger partial charge in [-0.05, 0) is 45.0 Å². The minimum Gasteiger partial charge on any atom is -0.478 e. The Hall–Kier alpha value is -2.36. The van der Waals surface area contributed by atoms with Crippen molar-refractivity contribution in [1.29, 1.82) is 0 Å². The lowest BCUT2D eigenvalue weighted by molar-refractivity contribution is -0.131. The minimum absolute atomic E-state index is 0.000816. The second-order valence-electron chi connectivity index (χ2n) is 6.05. The number of allylic oxidation sites excluding steroid dienone is 3. The van der Waals surface area contributed by atoms with Gasteiger partial charge >= 0.3 is 5.97 Å². The molecule has 0 saturated heterocycles. The number of hydrogen-bond acceptors (Lipinski definition) is 3. The number of nitrogens with zero attached hydrogens (tertiary/aromatic N) is 1. The molecular formula is C18H23NO3. The van der Waals surface area contributed by atoms with Crippen molar-refractivity contribution >= 4 is 17.4 Å². The Bertz CT molecular complexity index is 608. The molecule has 4 heteroatoms. The summed E-state index contributed by atoms with van der Waals surface area (Å²) in [6.07, 6.45) is 4.35. The van der Waals surface area contributed by atoms with Crippen LogP contribution in [0.4, 0.5) is 5.69 Å². The second-order valence-corrected chi connectivity index (χ2v) is 6.05. The molecule has 4 nitrogen and oxygen atoms in total. The van der Waals surface area contributed by atoms with E-state index in [1.54, 1.807) is 13.0 Å². The fraction of sp³-hybridized carbons (Fsp3) is 0.333. The summed E-state index contributed by atoms with van der Waals surface area (Å²) in [6, 6.07) is 7.44. The van der Waals surface area contributed by atoms with Gasteiger partial charge in [-0.3, -0.25) is 4.79 Å². The number of ketones is 1. The summed E-state index contributed by atoms with van der Waals surface area (Å²) in [5.74, 6) is -1.00. The SMILES string of the molecule is CC(/C=C/C(=O)O)=C\C(C)(C)C(=O)c1ccc(N(C)C)cc1. The van der Waals surface area contributed by atoms with E-state index in [1.807, 2.05) is 57.1 Å². The molecule has 0 aliphatic carbocycles. The maximum Gasteiger partial charge on any atom is 0.328 e. The Labute approximate surface area is 131 Å². The van der Waals surface area contributed by atoms with E-state index in [1.165, 1.54) is 6.08 Å². The molecule has 1 aromatic rings. The molecule has 0 heterocycles. The van der Waals surface area contributed by atoms with Crippen molar-refractivity contribution < 1.29 is 14.7 Å². The molecule has 1 rings (SSSR count). The maximum atomic E-state index is 12.6. The van der Waals surface area contributed by atoms with E-state index >= 15 is 0 Å². The average Bonchev–Trinajstić information content (AvgIpc) is 2.44. The molecule has 0 bridgehead atoms. The first-order valence-electron chi connectivity index (χ1n) is 7.06. The van der Waals surface area contributed by atoms with Gasteiger partial charge in [0.05, 0.1) is 0 Å². The summed E-state index contributed by atoms with van der Waals surface area (Å²) in [5, 5.41) is 8.63. The van der Waals surface area contributed by atoms with Crippen molar-refractivity contribution in [2.45, 2.75) is 20.8 Å². The summed E-state index contributed by atoms with van der Waals surface area (Å²) in [4.78, 5) is 25.1. The first kappa shape index (κ1) is 17.7. The number of rotatable bonds is 6. The van der Waals surface area contributed by atoms with Crippen molar-refractivity contribution in [3.8, 4) is 0 Å². The van der Waals surface area contributed by atoms with Gasteiger partial charge in [-0.15, -0.1) is 0 Å². The van der Waals surface area contributed by atoms with Gasteiger partial charge in [-0.2, -0.15) is 0 Å². The van der Waals surface area contributed by atoms with Crippen LogP contribution >= 0.6 is 0 Å². The monoisotopic (exact) mass is 301 g/mol. The van der Waals surface area contributed by atoms with Crippen LogP contribution in [-0.4, -0.2) is 31.0 Å². The lowest BCUT2D eigenvalue weighted by atomic mass is 9.82. The Morgan fingerprint density at radius 2 is 1.64 bits per heavy atom. The Balaban J connectivity index is 2.99. The fourth-order valence-electron chi connectivity index (χ4n) is 2.17. The Morgan fingerprint density at radius 3 is 2.09 bits per heavy atom. The van der Waals surface area contributed by atoms with Gasteiger partial charge in [-0.1, -0.05) is 17.7 Å². The molecule has 0 aromatic heterocycles. The van der Waals surface area contributed by atoms with Gasteiger partial charge in [0.2, 0.25) is 0 Å². The van der Waals surface area contributed by atoms with E-state index in [4.69, 9.17) is 5.11 Å². The van der Waals surface area contributed by atoms with E-state index in [-0.39, 0.29) is 5.78 Å². The largest absolute Gasteiger partial charge is 0.478 e. The molecule has 0 spiro atoms. The maximum absolute atomic E-state index is 12.6. The molecule has 0 amide bonds. The van der Waals surface area contributed by atoms with Crippen molar-refractivity contribution in [3.05, 3.63) is 53.6 Å². The highest BCUT2D eigenvalue weighted by atomic mass is 16.4. The van der Waals surface area contributed by atoms with E-state index in [9.17, 15) is 9.59 Å². The molecular weight excluding hydrogens is 278 g/mol. The molecule has 0 aliphatic heterocycles. The van der Waals surface area contributed by atoms with Crippen LogP contribution in [0.2, 0.25) is 0 Å². The van der Waals surface area contributed by atoms with Crippen LogP contribution in [0, 0.1) is 5.41 Å². The first-order valence-corrected chi connectivity index (χ1v) is 7.06. The van der Waals surface area contributed by atoms with Crippen molar-refractivity contribution in [1.82, 2.24) is 0 Å². The predicted octanol–water partition coefficient (Wildman–Crippen LogP) is 3.55. The minimum atomic E-state index is -1.00. The summed E-state index contributed by atoms with van der Waals surface area (Å²) in [7, 11) is 3.89. The third-order valence-corrected chi connectivity index (χ3v) is 3.31. The number of carboxylic acids is 1. The van der Waals surface area contributed by atoms with Crippen molar-refractivity contribution in [2.75, 3.05) is 19.0 Å². The molecule has 0 saturated carbocycles. The lowest BCUT2D eigenvalue weighted by Gasteiger charge is -2.20. The molecule has 1 N–H and O–H groups in total. The fourth-order valence-corrected chi connectivity index (χ4v) is 2.17. The summed E-state index contributed by atoms with van der Waals surface area (Å²) >= 11 is 0. The van der Waals surface area contributed by atoms with E-state index in [2.05, 4.69) is 0 Å². The molecule has 118 valence electrons. The molecule has 22 heavy (non-hydrogen) atoms. The van der Waals surface area contributed by atoms with E-state index in [0.717, 1.165) is 17.3 Å². The van der Waals surface area contributed by atoms with E-state index in [0.29, 0.717) is 5.56 Å². The summed E-state index contributed by atoms with van der Waals surface area (Å²) in [6.45, 7) is 5.43. The van der Waals surface area contributed by atoms with Crippen molar-refractivity contribution in [3.63, 3.8) is 0 Å². The first-order chi connectivity index (χ1) is 10.1. The number of Topliss-reactive ketones (excluding diaryl/α,β-unsaturated/α-hetero) is 1. The number of anilines is 1. The zero-order chi connectivity index (χ0) is 16.9. The number of aliphatic carboxylic acids is 1. The molecule has 0 unspecified atom stereocenters. The van der Waals surface area contributed by atoms with Crippen LogP contribution in [0.15, 0.2) is 48.1 Å². The highest BCUT2D eigenvalue weighted by Gasteiger charge is 2.26. The van der Waals surface area contributed by atoms with Gasteiger partial charge in [0.15, 0.2) is 5.78 Å². The number of benzene rings is 1. The number of hydrogen-bond donors (Lipinski definition) is 1. The van der Waals surface area contributed by atoms with Crippen LogP contribution in [0.3, 0.4) is 0 Å². The third kappa shape index (κ3) is 4.88. The standard InChI is InChI=1S/C18H23NO3/c1-13(6-11-16(20)21)12-18(2,3)17(22)14-7-9-15(10-8-14)19(4)5/h6-12H,1-5H3,(H,20,21)/b11-6+,13-12+. The molecule has 1 aromatic carbocycles. The van der Waals surface area contributed by atoms with Gasteiger partial charge in [0.1, 0.15) is 0 Å². The molecule has 0 radical (unpaired) electrons. The Morgan fingerprint density at radius 1 is 1.09 bits per heavy atom. The van der Waals surface area contributed by atoms with Crippen LogP contribution in [0.25, 0.3) is 0 Å². The zero-order valence-corrected chi connectivity index (χ0v) is 13.8. The van der Waals surface area contributed by atoms with Crippen LogP contribution in [0.5, 0.6) is 0 Å². The third-order valence-electron chi connectivity index (χ3n) is 3.31. The predicted molar refractivity (Wildman–Crippen MR) is 89.4 cm³/mol. The second kappa shape index (κ2) is 7.07. The van der Waals surface area contributed by atoms with Crippen LogP contribution in [-0.2, 0) is 4.79 Å². The number of carbonyl (C=O) groups excluding carboxylic acids is 1. The van der Waals surface area contributed by atoms with E-state index < -0.39 is 11.4 Å². The van der Waals surface area contributed by atoms with Crippen LogP contribution in [0.1, 0.15) is 31.1 Å². The highest BCUT2D eigenvalue weighted by molar-refractivity contribution is 6.01.